The van der Waals surface area contributed by atoms with E-state index in [2.05, 4.69) is 15.9 Å². The summed E-state index contributed by atoms with van der Waals surface area (Å²) < 4.78 is 11.8. The third-order valence-electron chi connectivity index (χ3n) is 5.28. The highest BCUT2D eigenvalue weighted by atomic mass is 79.9. The molecule has 0 aliphatic carbocycles. The molecular formula is C25H19BrO6. The molecule has 0 spiro atoms. The van der Waals surface area contributed by atoms with E-state index in [4.69, 9.17) is 9.15 Å². The summed E-state index contributed by atoms with van der Waals surface area (Å²) in [5, 5.41) is 21.2. The Bertz CT molecular complexity index is 1340. The first kappa shape index (κ1) is 21.6. The molecule has 4 rings (SSSR count). The van der Waals surface area contributed by atoms with Gasteiger partial charge in [0.15, 0.2) is 5.43 Å². The molecule has 0 saturated carbocycles. The Balaban J connectivity index is 2.04. The number of fused-ring (bicyclic) bond motifs is 1. The first-order valence-electron chi connectivity index (χ1n) is 9.79. The van der Waals surface area contributed by atoms with Crippen LogP contribution in [0.4, 0.5) is 0 Å². The van der Waals surface area contributed by atoms with Crippen LogP contribution in [0.1, 0.15) is 23.5 Å². The van der Waals surface area contributed by atoms with Crippen molar-refractivity contribution in [2.75, 3.05) is 7.11 Å². The van der Waals surface area contributed by atoms with E-state index in [-0.39, 0.29) is 34.5 Å². The van der Waals surface area contributed by atoms with Gasteiger partial charge in [0.1, 0.15) is 28.2 Å². The van der Waals surface area contributed by atoms with Gasteiger partial charge in [-0.1, -0.05) is 58.4 Å². The number of halogens is 1. The highest BCUT2D eigenvalue weighted by Gasteiger charge is 2.28. The van der Waals surface area contributed by atoms with E-state index >= 15 is 0 Å². The Morgan fingerprint density at radius 2 is 1.72 bits per heavy atom. The fourth-order valence-electron chi connectivity index (χ4n) is 3.73. The molecule has 1 atom stereocenters. The molecular weight excluding hydrogens is 476 g/mol. The van der Waals surface area contributed by atoms with Crippen LogP contribution in [0, 0.1) is 0 Å². The second-order valence-corrected chi connectivity index (χ2v) is 8.17. The van der Waals surface area contributed by atoms with Gasteiger partial charge in [-0.15, -0.1) is 0 Å². The summed E-state index contributed by atoms with van der Waals surface area (Å²) >= 11 is 3.39. The number of esters is 1. The van der Waals surface area contributed by atoms with E-state index in [1.165, 1.54) is 13.2 Å². The molecule has 3 aromatic carbocycles. The molecule has 1 heterocycles. The lowest BCUT2D eigenvalue weighted by Gasteiger charge is -2.20. The van der Waals surface area contributed by atoms with Gasteiger partial charge in [-0.2, -0.15) is 0 Å². The van der Waals surface area contributed by atoms with Gasteiger partial charge in [-0.25, -0.2) is 0 Å². The quantitative estimate of drug-likeness (QED) is 0.364. The summed E-state index contributed by atoms with van der Waals surface area (Å²) in [5.74, 6) is -1.60. The fourth-order valence-corrected chi connectivity index (χ4v) is 4.00. The van der Waals surface area contributed by atoms with Gasteiger partial charge in [-0.3, -0.25) is 9.59 Å². The van der Waals surface area contributed by atoms with Gasteiger partial charge in [0, 0.05) is 33.7 Å². The van der Waals surface area contributed by atoms with Crippen molar-refractivity contribution in [2.24, 2.45) is 0 Å². The number of benzene rings is 3. The maximum Gasteiger partial charge on any atom is 0.306 e. The topological polar surface area (TPSA) is 97.0 Å². The smallest absolute Gasteiger partial charge is 0.306 e. The molecule has 32 heavy (non-hydrogen) atoms. The predicted octanol–water partition coefficient (Wildman–Crippen LogP) is 5.33. The second-order valence-electron chi connectivity index (χ2n) is 7.26. The molecule has 0 bridgehead atoms. The van der Waals surface area contributed by atoms with Crippen molar-refractivity contribution in [3.05, 3.63) is 92.6 Å². The highest BCUT2D eigenvalue weighted by molar-refractivity contribution is 9.10. The summed E-state index contributed by atoms with van der Waals surface area (Å²) in [6, 6.07) is 18.6. The minimum atomic E-state index is -0.687. The van der Waals surface area contributed by atoms with Crippen LogP contribution in [0.25, 0.3) is 22.3 Å². The summed E-state index contributed by atoms with van der Waals surface area (Å²) in [5.41, 5.74) is 1.14. The maximum absolute atomic E-state index is 12.9. The SMILES string of the molecule is COC(=O)C[C@@H](c1ccc(Br)cc1)c1c(O)cc(O)c2c(=O)cc(-c3ccccc3)oc12. The Morgan fingerprint density at radius 3 is 2.38 bits per heavy atom. The average molecular weight is 495 g/mol. The predicted molar refractivity (Wildman–Crippen MR) is 124 cm³/mol. The van der Waals surface area contributed by atoms with Crippen LogP contribution < -0.4 is 5.43 Å². The third kappa shape index (κ3) is 4.11. The van der Waals surface area contributed by atoms with Crippen LogP contribution in [0.2, 0.25) is 0 Å². The maximum atomic E-state index is 12.9. The van der Waals surface area contributed by atoms with E-state index in [9.17, 15) is 19.8 Å². The lowest BCUT2D eigenvalue weighted by molar-refractivity contribution is -0.140. The number of ether oxygens (including phenoxy) is 1. The molecule has 0 aliphatic rings. The van der Waals surface area contributed by atoms with Gasteiger partial charge in [0.05, 0.1) is 13.5 Å². The van der Waals surface area contributed by atoms with Crippen LogP contribution in [-0.4, -0.2) is 23.3 Å². The number of hydrogen-bond acceptors (Lipinski definition) is 6. The fraction of sp³-hybridized carbons (Fsp3) is 0.120. The summed E-state index contributed by atoms with van der Waals surface area (Å²) in [4.78, 5) is 25.2. The Labute approximate surface area is 191 Å². The zero-order valence-corrected chi connectivity index (χ0v) is 18.6. The van der Waals surface area contributed by atoms with E-state index in [0.717, 1.165) is 10.5 Å². The van der Waals surface area contributed by atoms with Crippen LogP contribution in [0.3, 0.4) is 0 Å². The molecule has 0 amide bonds. The lowest BCUT2D eigenvalue weighted by Crippen LogP contribution is -2.12. The molecule has 162 valence electrons. The number of hydrogen-bond donors (Lipinski definition) is 2. The van der Waals surface area contributed by atoms with Crippen molar-refractivity contribution in [2.45, 2.75) is 12.3 Å². The van der Waals surface area contributed by atoms with Crippen molar-refractivity contribution in [3.8, 4) is 22.8 Å². The number of methoxy groups -OCH3 is 1. The average Bonchev–Trinajstić information content (AvgIpc) is 2.78. The van der Waals surface area contributed by atoms with Crippen molar-refractivity contribution in [3.63, 3.8) is 0 Å². The van der Waals surface area contributed by atoms with Crippen molar-refractivity contribution >= 4 is 32.9 Å². The minimum absolute atomic E-state index is 0.0191. The van der Waals surface area contributed by atoms with Gasteiger partial charge in [-0.05, 0) is 17.7 Å². The molecule has 4 aromatic rings. The van der Waals surface area contributed by atoms with Gasteiger partial charge >= 0.3 is 5.97 Å². The van der Waals surface area contributed by atoms with Crippen molar-refractivity contribution in [1.29, 1.82) is 0 Å². The normalized spacial score (nSPS) is 11.9. The number of carbonyl (C=O) groups is 1. The standard InChI is InChI=1S/C25H19BrO6/c1-31-22(30)11-17(14-7-9-16(26)10-8-14)23-18(27)12-19(28)24-20(29)13-21(32-25(23)24)15-5-3-2-4-6-15/h2-10,12-13,17,27-28H,11H2,1H3/t17-/m0/s1. The van der Waals surface area contributed by atoms with Gasteiger partial charge in [0.2, 0.25) is 0 Å². The molecule has 0 unspecified atom stereocenters. The molecule has 0 saturated heterocycles. The highest BCUT2D eigenvalue weighted by Crippen LogP contribution is 2.43. The van der Waals surface area contributed by atoms with E-state index < -0.39 is 23.1 Å². The number of carbonyl (C=O) groups excluding carboxylic acids is 1. The monoisotopic (exact) mass is 494 g/mol. The van der Waals surface area contributed by atoms with Crippen LogP contribution in [0.5, 0.6) is 11.5 Å². The molecule has 0 radical (unpaired) electrons. The van der Waals surface area contributed by atoms with Gasteiger partial charge in [0.25, 0.3) is 0 Å². The number of rotatable bonds is 5. The first-order valence-corrected chi connectivity index (χ1v) is 10.6. The second kappa shape index (κ2) is 8.88. The number of phenolic OH excluding ortho intramolecular Hbond substituents is 2. The molecule has 0 aliphatic heterocycles. The summed E-state index contributed by atoms with van der Waals surface area (Å²) in [6.45, 7) is 0. The minimum Gasteiger partial charge on any atom is -0.507 e. The summed E-state index contributed by atoms with van der Waals surface area (Å²) in [7, 11) is 1.28. The Kier molecular flexibility index (Phi) is 6.01. The molecule has 0 fully saturated rings. The van der Waals surface area contributed by atoms with E-state index in [0.29, 0.717) is 11.1 Å². The van der Waals surface area contributed by atoms with Gasteiger partial charge < -0.3 is 19.4 Å². The molecule has 7 heteroatoms. The molecule has 6 nitrogen and oxygen atoms in total. The number of phenols is 2. The van der Waals surface area contributed by atoms with Crippen LogP contribution >= 0.6 is 15.9 Å². The number of aromatic hydroxyl groups is 2. The lowest BCUT2D eigenvalue weighted by atomic mass is 9.86. The molecule has 2 N–H and O–H groups in total. The van der Waals surface area contributed by atoms with E-state index in [1.807, 2.05) is 30.3 Å². The third-order valence-corrected chi connectivity index (χ3v) is 5.80. The van der Waals surface area contributed by atoms with Crippen LogP contribution in [-0.2, 0) is 9.53 Å². The largest absolute Gasteiger partial charge is 0.507 e. The van der Waals surface area contributed by atoms with Crippen molar-refractivity contribution in [1.82, 2.24) is 0 Å². The zero-order chi connectivity index (χ0) is 22.8. The summed E-state index contributed by atoms with van der Waals surface area (Å²) in [6.07, 6.45) is -0.106. The van der Waals surface area contributed by atoms with Crippen molar-refractivity contribution < 1.29 is 24.2 Å². The Morgan fingerprint density at radius 1 is 1.03 bits per heavy atom. The Hall–Kier alpha value is -3.58. The molecule has 1 aromatic heterocycles. The van der Waals surface area contributed by atoms with Crippen LogP contribution in [0.15, 0.2) is 80.4 Å². The van der Waals surface area contributed by atoms with E-state index in [1.54, 1.807) is 24.3 Å². The first-order chi connectivity index (χ1) is 15.4. The zero-order valence-electron chi connectivity index (χ0n) is 17.0.